The molecule has 21 heavy (non-hydrogen) atoms. The van der Waals surface area contributed by atoms with Crippen LogP contribution < -0.4 is 5.32 Å². The van der Waals surface area contributed by atoms with Gasteiger partial charge in [-0.3, -0.25) is 4.79 Å². The van der Waals surface area contributed by atoms with Gasteiger partial charge in [-0.2, -0.15) is 0 Å². The first-order valence-electron chi connectivity index (χ1n) is 8.28. The van der Waals surface area contributed by atoms with Crippen LogP contribution in [0, 0.1) is 5.92 Å². The monoisotopic (exact) mass is 314 g/mol. The van der Waals surface area contributed by atoms with Crippen LogP contribution in [0.4, 0.5) is 0 Å². The minimum absolute atomic E-state index is 0.112. The minimum Gasteiger partial charge on any atom is -0.339 e. The normalized spacial score (nSPS) is 36.0. The molecule has 2 saturated heterocycles. The Morgan fingerprint density at radius 1 is 1.14 bits per heavy atom. The molecule has 5 nitrogen and oxygen atoms in total. The van der Waals surface area contributed by atoms with Crippen LogP contribution in [0.15, 0.2) is 0 Å². The van der Waals surface area contributed by atoms with Crippen LogP contribution in [0.2, 0.25) is 0 Å². The fourth-order valence-corrected chi connectivity index (χ4v) is 5.71. The molecule has 3 atom stereocenters. The molecular weight excluding hydrogens is 288 g/mol. The summed E-state index contributed by atoms with van der Waals surface area (Å²) in [6.45, 7) is 1.34. The molecule has 1 aliphatic carbocycles. The molecule has 3 unspecified atom stereocenters. The van der Waals surface area contributed by atoms with E-state index in [1.807, 2.05) is 0 Å². The van der Waals surface area contributed by atoms with E-state index in [4.69, 9.17) is 0 Å². The Hall–Kier alpha value is -0.620. The number of piperidine rings is 1. The summed E-state index contributed by atoms with van der Waals surface area (Å²) in [5.41, 5.74) is 0. The number of amides is 1. The van der Waals surface area contributed by atoms with E-state index in [1.165, 1.54) is 25.7 Å². The van der Waals surface area contributed by atoms with Crippen molar-refractivity contribution in [3.63, 3.8) is 0 Å². The average Bonchev–Trinajstić information content (AvgIpc) is 2.45. The molecule has 2 aliphatic heterocycles. The fraction of sp³-hybridized carbons (Fsp3) is 0.933. The SMILES string of the molecule is O=C(CC1CS(=O)(=O)CCN1)N1CCCC2CCCCC21. The summed E-state index contributed by atoms with van der Waals surface area (Å²) < 4.78 is 23.4. The topological polar surface area (TPSA) is 66.5 Å². The highest BCUT2D eigenvalue weighted by molar-refractivity contribution is 7.91. The molecule has 0 aromatic carbocycles. The van der Waals surface area contributed by atoms with E-state index >= 15 is 0 Å². The fourth-order valence-electron chi connectivity index (χ4n) is 4.26. The first-order chi connectivity index (χ1) is 10.1. The van der Waals surface area contributed by atoms with E-state index in [2.05, 4.69) is 10.2 Å². The molecular formula is C15H26N2O3S. The third-order valence-electron chi connectivity index (χ3n) is 5.29. The zero-order valence-corrected chi connectivity index (χ0v) is 13.4. The van der Waals surface area contributed by atoms with Crippen LogP contribution in [0.25, 0.3) is 0 Å². The second-order valence-corrected chi connectivity index (χ2v) is 9.04. The summed E-state index contributed by atoms with van der Waals surface area (Å²) in [6, 6.07) is 0.223. The summed E-state index contributed by atoms with van der Waals surface area (Å²) in [6.07, 6.45) is 7.60. The van der Waals surface area contributed by atoms with Crippen molar-refractivity contribution in [2.45, 2.75) is 57.0 Å². The number of hydrogen-bond acceptors (Lipinski definition) is 4. The van der Waals surface area contributed by atoms with Crippen molar-refractivity contribution < 1.29 is 13.2 Å². The third kappa shape index (κ3) is 3.59. The first-order valence-corrected chi connectivity index (χ1v) is 10.1. The number of sulfone groups is 1. The van der Waals surface area contributed by atoms with Gasteiger partial charge in [0.1, 0.15) is 0 Å². The molecule has 0 spiro atoms. The number of nitrogens with one attached hydrogen (secondary N) is 1. The molecule has 0 bridgehead atoms. The zero-order chi connectivity index (χ0) is 14.9. The summed E-state index contributed by atoms with van der Waals surface area (Å²) >= 11 is 0. The predicted octanol–water partition coefficient (Wildman–Crippen LogP) is 0.944. The van der Waals surface area contributed by atoms with Crippen molar-refractivity contribution in [3.8, 4) is 0 Å². The van der Waals surface area contributed by atoms with Crippen molar-refractivity contribution in [1.29, 1.82) is 0 Å². The highest BCUT2D eigenvalue weighted by Gasteiger charge is 2.36. The number of nitrogens with zero attached hydrogens (tertiary/aromatic N) is 1. The molecule has 3 rings (SSSR count). The Kier molecular flexibility index (Phi) is 4.54. The van der Waals surface area contributed by atoms with Crippen molar-refractivity contribution >= 4 is 15.7 Å². The van der Waals surface area contributed by atoms with Crippen molar-refractivity contribution in [3.05, 3.63) is 0 Å². The Bertz CT molecular complexity index is 489. The van der Waals surface area contributed by atoms with E-state index < -0.39 is 9.84 Å². The standard InChI is InChI=1S/C15H26N2O3S/c18-15(10-13-11-21(19,20)9-7-16-13)17-8-3-5-12-4-1-2-6-14(12)17/h12-14,16H,1-11H2. The highest BCUT2D eigenvalue weighted by Crippen LogP contribution is 2.35. The quantitative estimate of drug-likeness (QED) is 0.824. The lowest BCUT2D eigenvalue weighted by molar-refractivity contribution is -0.138. The number of rotatable bonds is 2. The summed E-state index contributed by atoms with van der Waals surface area (Å²) in [5, 5.41) is 3.19. The van der Waals surface area contributed by atoms with E-state index in [0.717, 1.165) is 19.4 Å². The molecule has 1 amide bonds. The molecule has 3 fully saturated rings. The summed E-state index contributed by atoms with van der Waals surface area (Å²) in [4.78, 5) is 14.7. The van der Waals surface area contributed by atoms with Gasteiger partial charge in [0, 0.05) is 31.6 Å². The van der Waals surface area contributed by atoms with Gasteiger partial charge in [0.25, 0.3) is 0 Å². The van der Waals surface area contributed by atoms with Crippen molar-refractivity contribution in [1.82, 2.24) is 10.2 Å². The number of likely N-dealkylation sites (tertiary alicyclic amines) is 1. The van der Waals surface area contributed by atoms with Crippen LogP contribution in [0.5, 0.6) is 0 Å². The smallest absolute Gasteiger partial charge is 0.224 e. The summed E-state index contributed by atoms with van der Waals surface area (Å²) in [5.74, 6) is 1.15. The molecule has 1 saturated carbocycles. The van der Waals surface area contributed by atoms with Crippen LogP contribution in [-0.4, -0.2) is 55.9 Å². The molecule has 0 aromatic rings. The van der Waals surface area contributed by atoms with Crippen LogP contribution in [0.3, 0.4) is 0 Å². The average molecular weight is 314 g/mol. The Balaban J connectivity index is 1.61. The maximum atomic E-state index is 12.6. The van der Waals surface area contributed by atoms with Gasteiger partial charge in [0.15, 0.2) is 9.84 Å². The van der Waals surface area contributed by atoms with E-state index in [9.17, 15) is 13.2 Å². The maximum Gasteiger partial charge on any atom is 0.224 e. The second kappa shape index (κ2) is 6.24. The highest BCUT2D eigenvalue weighted by atomic mass is 32.2. The van der Waals surface area contributed by atoms with Gasteiger partial charge < -0.3 is 10.2 Å². The van der Waals surface area contributed by atoms with Gasteiger partial charge in [-0.05, 0) is 31.6 Å². The van der Waals surface area contributed by atoms with Crippen molar-refractivity contribution in [2.75, 3.05) is 24.6 Å². The molecule has 1 N–H and O–H groups in total. The van der Waals surface area contributed by atoms with Gasteiger partial charge >= 0.3 is 0 Å². The van der Waals surface area contributed by atoms with Crippen LogP contribution in [-0.2, 0) is 14.6 Å². The Morgan fingerprint density at radius 2 is 1.90 bits per heavy atom. The molecule has 6 heteroatoms. The largest absolute Gasteiger partial charge is 0.339 e. The van der Waals surface area contributed by atoms with Crippen molar-refractivity contribution in [2.24, 2.45) is 5.92 Å². The van der Waals surface area contributed by atoms with E-state index in [0.29, 0.717) is 24.9 Å². The number of hydrogen-bond donors (Lipinski definition) is 1. The van der Waals surface area contributed by atoms with E-state index in [-0.39, 0.29) is 23.5 Å². The van der Waals surface area contributed by atoms with Gasteiger partial charge in [-0.1, -0.05) is 12.8 Å². The predicted molar refractivity (Wildman–Crippen MR) is 81.8 cm³/mol. The maximum absolute atomic E-state index is 12.6. The second-order valence-electron chi connectivity index (χ2n) is 6.81. The molecule has 120 valence electrons. The van der Waals surface area contributed by atoms with Crippen LogP contribution >= 0.6 is 0 Å². The Morgan fingerprint density at radius 3 is 2.71 bits per heavy atom. The first kappa shape index (κ1) is 15.3. The minimum atomic E-state index is -2.96. The number of carbonyl (C=O) groups excluding carboxylic acids is 1. The van der Waals surface area contributed by atoms with Gasteiger partial charge in [0.2, 0.25) is 5.91 Å². The van der Waals surface area contributed by atoms with Gasteiger partial charge in [-0.15, -0.1) is 0 Å². The lowest BCUT2D eigenvalue weighted by Crippen LogP contribution is -2.53. The van der Waals surface area contributed by atoms with Gasteiger partial charge in [-0.25, -0.2) is 8.42 Å². The molecule has 0 aromatic heterocycles. The molecule has 2 heterocycles. The number of fused-ring (bicyclic) bond motifs is 1. The van der Waals surface area contributed by atoms with Crippen LogP contribution in [0.1, 0.15) is 44.9 Å². The van der Waals surface area contributed by atoms with E-state index in [1.54, 1.807) is 0 Å². The molecule has 3 aliphatic rings. The zero-order valence-electron chi connectivity index (χ0n) is 12.6. The summed E-state index contributed by atoms with van der Waals surface area (Å²) in [7, 11) is -2.96. The molecule has 0 radical (unpaired) electrons. The lowest BCUT2D eigenvalue weighted by Gasteiger charge is -2.44. The van der Waals surface area contributed by atoms with Gasteiger partial charge in [0.05, 0.1) is 11.5 Å². The Labute approximate surface area is 127 Å². The number of carbonyl (C=O) groups is 1. The lowest BCUT2D eigenvalue weighted by atomic mass is 9.78. The third-order valence-corrected chi connectivity index (χ3v) is 7.02.